The Kier molecular flexibility index (Phi) is 3.67. The number of halogens is 2. The third-order valence-corrected chi connectivity index (χ3v) is 3.24. The smallest absolute Gasteiger partial charge is 0.256 e. The third-order valence-electron chi connectivity index (χ3n) is 3.00. The van der Waals surface area contributed by atoms with Crippen LogP contribution in [0.1, 0.15) is 30.1 Å². The summed E-state index contributed by atoms with van der Waals surface area (Å²) >= 11 is 5.79. The van der Waals surface area contributed by atoms with Crippen LogP contribution in [0.25, 0.3) is 0 Å². The van der Waals surface area contributed by atoms with Gasteiger partial charge in [-0.05, 0) is 43.9 Å². The first-order valence-electron chi connectivity index (χ1n) is 5.86. The maximum Gasteiger partial charge on any atom is 0.256 e. The summed E-state index contributed by atoms with van der Waals surface area (Å²) in [6.07, 6.45) is 2.34. The molecule has 0 saturated heterocycles. The number of benzene rings is 1. The van der Waals surface area contributed by atoms with E-state index in [1.807, 2.05) is 6.92 Å². The van der Waals surface area contributed by atoms with E-state index in [0.29, 0.717) is 17.5 Å². The van der Waals surface area contributed by atoms with Gasteiger partial charge in [0.2, 0.25) is 0 Å². The van der Waals surface area contributed by atoms with Gasteiger partial charge in [0.15, 0.2) is 0 Å². The largest absolute Gasteiger partial charge is 0.339 e. The Bertz CT molecular complexity index is 431. The highest BCUT2D eigenvalue weighted by atomic mass is 35.5. The number of rotatable bonds is 4. The van der Waals surface area contributed by atoms with Crippen molar-refractivity contribution in [2.45, 2.75) is 19.8 Å². The zero-order valence-electron chi connectivity index (χ0n) is 9.75. The van der Waals surface area contributed by atoms with E-state index in [4.69, 9.17) is 11.6 Å². The molecule has 0 N–H and O–H groups in total. The summed E-state index contributed by atoms with van der Waals surface area (Å²) < 4.78 is 13.6. The summed E-state index contributed by atoms with van der Waals surface area (Å²) in [6, 6.07) is 4.08. The lowest BCUT2D eigenvalue weighted by Crippen LogP contribution is -2.33. The molecule has 17 heavy (non-hydrogen) atoms. The average molecular weight is 256 g/mol. The average Bonchev–Trinajstić information content (AvgIpc) is 3.12. The highest BCUT2D eigenvalue weighted by molar-refractivity contribution is 6.30. The number of nitrogens with zero attached hydrogens (tertiary/aromatic N) is 1. The van der Waals surface area contributed by atoms with Crippen molar-refractivity contribution in [1.82, 2.24) is 4.90 Å². The summed E-state index contributed by atoms with van der Waals surface area (Å²) in [6.45, 7) is 3.23. The van der Waals surface area contributed by atoms with Gasteiger partial charge in [0.25, 0.3) is 5.91 Å². The van der Waals surface area contributed by atoms with Gasteiger partial charge in [-0.1, -0.05) is 11.6 Å². The summed E-state index contributed by atoms with van der Waals surface area (Å²) in [7, 11) is 0. The van der Waals surface area contributed by atoms with Gasteiger partial charge in [0.05, 0.1) is 5.56 Å². The van der Waals surface area contributed by atoms with Crippen LogP contribution >= 0.6 is 11.6 Å². The third kappa shape index (κ3) is 2.97. The Morgan fingerprint density at radius 2 is 2.24 bits per heavy atom. The Balaban J connectivity index is 2.18. The van der Waals surface area contributed by atoms with Crippen molar-refractivity contribution in [3.63, 3.8) is 0 Å². The van der Waals surface area contributed by atoms with Gasteiger partial charge in [-0.3, -0.25) is 4.79 Å². The lowest BCUT2D eigenvalue weighted by Gasteiger charge is -2.21. The summed E-state index contributed by atoms with van der Waals surface area (Å²) in [5.41, 5.74) is 0.0694. The van der Waals surface area contributed by atoms with E-state index in [1.165, 1.54) is 31.0 Å². The molecule has 4 heteroatoms. The van der Waals surface area contributed by atoms with Crippen molar-refractivity contribution in [3.8, 4) is 0 Å². The van der Waals surface area contributed by atoms with Crippen molar-refractivity contribution in [3.05, 3.63) is 34.6 Å². The number of hydrogen-bond acceptors (Lipinski definition) is 1. The molecular formula is C13H15ClFNO. The first kappa shape index (κ1) is 12.4. The molecule has 1 saturated carbocycles. The predicted octanol–water partition coefficient (Wildman–Crippen LogP) is 3.35. The molecule has 1 aromatic rings. The van der Waals surface area contributed by atoms with Gasteiger partial charge in [0.1, 0.15) is 5.82 Å². The monoisotopic (exact) mass is 255 g/mol. The molecular weight excluding hydrogens is 241 g/mol. The molecule has 2 nitrogen and oxygen atoms in total. The molecule has 0 bridgehead atoms. The first-order chi connectivity index (χ1) is 8.11. The molecule has 0 unspecified atom stereocenters. The zero-order chi connectivity index (χ0) is 12.4. The fourth-order valence-electron chi connectivity index (χ4n) is 1.80. The maximum absolute atomic E-state index is 13.6. The molecule has 0 aromatic heterocycles. The highest BCUT2D eigenvalue weighted by Crippen LogP contribution is 2.30. The lowest BCUT2D eigenvalue weighted by atomic mass is 10.1. The van der Waals surface area contributed by atoms with Crippen LogP contribution < -0.4 is 0 Å². The summed E-state index contributed by atoms with van der Waals surface area (Å²) in [5, 5.41) is 0.386. The molecule has 0 radical (unpaired) electrons. The second-order valence-corrected chi connectivity index (χ2v) is 4.85. The maximum atomic E-state index is 13.6. The summed E-state index contributed by atoms with van der Waals surface area (Å²) in [5.74, 6) is -0.172. The Labute approximate surface area is 105 Å². The van der Waals surface area contributed by atoms with E-state index < -0.39 is 5.82 Å². The van der Waals surface area contributed by atoms with E-state index in [-0.39, 0.29) is 11.5 Å². The van der Waals surface area contributed by atoms with E-state index in [9.17, 15) is 9.18 Å². The topological polar surface area (TPSA) is 20.3 Å². The first-order valence-corrected chi connectivity index (χ1v) is 6.24. The molecule has 1 aliphatic carbocycles. The van der Waals surface area contributed by atoms with Crippen LogP contribution in [-0.4, -0.2) is 23.9 Å². The normalized spacial score (nSPS) is 14.8. The van der Waals surface area contributed by atoms with Crippen LogP contribution in [0.2, 0.25) is 5.02 Å². The van der Waals surface area contributed by atoms with Crippen molar-refractivity contribution >= 4 is 17.5 Å². The fourth-order valence-corrected chi connectivity index (χ4v) is 1.97. The van der Waals surface area contributed by atoms with Crippen molar-refractivity contribution in [2.24, 2.45) is 5.92 Å². The Morgan fingerprint density at radius 3 is 2.82 bits per heavy atom. The van der Waals surface area contributed by atoms with E-state index in [2.05, 4.69) is 0 Å². The molecule has 92 valence electrons. The molecule has 0 aliphatic heterocycles. The minimum atomic E-state index is -0.506. The van der Waals surface area contributed by atoms with Crippen LogP contribution in [0.4, 0.5) is 4.39 Å². The van der Waals surface area contributed by atoms with Crippen molar-refractivity contribution in [1.29, 1.82) is 0 Å². The molecule has 0 atom stereocenters. The van der Waals surface area contributed by atoms with Crippen LogP contribution in [0.15, 0.2) is 18.2 Å². The molecule has 2 rings (SSSR count). The molecule has 1 aliphatic rings. The quantitative estimate of drug-likeness (QED) is 0.808. The van der Waals surface area contributed by atoms with Crippen LogP contribution in [-0.2, 0) is 0 Å². The van der Waals surface area contributed by atoms with Crippen LogP contribution in [0.3, 0.4) is 0 Å². The minimum Gasteiger partial charge on any atom is -0.339 e. The van der Waals surface area contributed by atoms with E-state index in [0.717, 1.165) is 6.54 Å². The highest BCUT2D eigenvalue weighted by Gasteiger charge is 2.27. The van der Waals surface area contributed by atoms with Gasteiger partial charge >= 0.3 is 0 Å². The van der Waals surface area contributed by atoms with Gasteiger partial charge in [0, 0.05) is 18.1 Å². The molecule has 0 spiro atoms. The van der Waals surface area contributed by atoms with Gasteiger partial charge < -0.3 is 4.90 Å². The van der Waals surface area contributed by atoms with Gasteiger partial charge in [-0.2, -0.15) is 0 Å². The number of amides is 1. The minimum absolute atomic E-state index is 0.0694. The van der Waals surface area contributed by atoms with E-state index in [1.54, 1.807) is 4.90 Å². The van der Waals surface area contributed by atoms with Gasteiger partial charge in [-0.25, -0.2) is 4.39 Å². The SMILES string of the molecule is CCN(CC1CC1)C(=O)c1cc(Cl)ccc1F. The van der Waals surface area contributed by atoms with Gasteiger partial charge in [-0.15, -0.1) is 0 Å². The summed E-state index contributed by atoms with van der Waals surface area (Å²) in [4.78, 5) is 13.8. The molecule has 0 heterocycles. The zero-order valence-corrected chi connectivity index (χ0v) is 10.5. The Morgan fingerprint density at radius 1 is 1.53 bits per heavy atom. The number of carbonyl (C=O) groups is 1. The second-order valence-electron chi connectivity index (χ2n) is 4.41. The number of hydrogen-bond donors (Lipinski definition) is 0. The van der Waals surface area contributed by atoms with Crippen LogP contribution in [0.5, 0.6) is 0 Å². The molecule has 1 amide bonds. The fraction of sp³-hybridized carbons (Fsp3) is 0.462. The lowest BCUT2D eigenvalue weighted by molar-refractivity contribution is 0.0752. The number of carbonyl (C=O) groups excluding carboxylic acids is 1. The Hall–Kier alpha value is -1.09. The molecule has 1 fully saturated rings. The molecule has 1 aromatic carbocycles. The van der Waals surface area contributed by atoms with Crippen LogP contribution in [0, 0.1) is 11.7 Å². The standard InChI is InChI=1S/C13H15ClFNO/c1-2-16(8-9-3-4-9)13(17)11-7-10(14)5-6-12(11)15/h5-7,9H,2-4,8H2,1H3. The second kappa shape index (κ2) is 5.05. The van der Waals surface area contributed by atoms with Crippen molar-refractivity contribution < 1.29 is 9.18 Å². The van der Waals surface area contributed by atoms with E-state index >= 15 is 0 Å². The van der Waals surface area contributed by atoms with Crippen molar-refractivity contribution in [2.75, 3.05) is 13.1 Å². The predicted molar refractivity (Wildman–Crippen MR) is 65.7 cm³/mol.